The number of carbonyl (C=O) groups is 1. The van der Waals surface area contributed by atoms with Crippen LogP contribution in [0.15, 0.2) is 38.5 Å². The molecule has 170 valence electrons. The molecular formula is C21H25N5O5S. The number of para-hydroxylation sites is 1. The van der Waals surface area contributed by atoms with Gasteiger partial charge in [0.15, 0.2) is 5.76 Å². The second-order valence-electron chi connectivity index (χ2n) is 8.06. The summed E-state index contributed by atoms with van der Waals surface area (Å²) in [5.41, 5.74) is 0.659. The topological polar surface area (TPSA) is 129 Å². The number of benzene rings is 1. The summed E-state index contributed by atoms with van der Waals surface area (Å²) in [5, 5.41) is 4.23. The quantitative estimate of drug-likeness (QED) is 0.613. The van der Waals surface area contributed by atoms with Gasteiger partial charge in [-0.05, 0) is 38.8 Å². The maximum Gasteiger partial charge on any atom is 0.258 e. The molecule has 0 aliphatic carbocycles. The molecule has 1 saturated heterocycles. The van der Waals surface area contributed by atoms with Crippen LogP contribution in [0, 0.1) is 19.8 Å². The first-order chi connectivity index (χ1) is 15.2. The van der Waals surface area contributed by atoms with Gasteiger partial charge in [0.1, 0.15) is 16.4 Å². The van der Waals surface area contributed by atoms with Crippen molar-refractivity contribution in [2.24, 2.45) is 5.92 Å². The zero-order chi connectivity index (χ0) is 23.0. The molecule has 0 radical (unpaired) electrons. The molecule has 3 aromatic rings. The van der Waals surface area contributed by atoms with Gasteiger partial charge in [0.05, 0.1) is 17.4 Å². The Balaban J connectivity index is 1.42. The number of carbonyl (C=O) groups excluding carboxylic acids is 1. The highest BCUT2D eigenvalue weighted by atomic mass is 32.2. The van der Waals surface area contributed by atoms with Crippen molar-refractivity contribution in [3.63, 3.8) is 0 Å². The summed E-state index contributed by atoms with van der Waals surface area (Å²) in [6, 6.07) is 7.03. The number of nitrogens with zero attached hydrogens (tertiary/aromatic N) is 4. The first-order valence-electron chi connectivity index (χ1n) is 10.3. The summed E-state index contributed by atoms with van der Waals surface area (Å²) in [5.74, 6) is 0.263. The van der Waals surface area contributed by atoms with Crippen molar-refractivity contribution in [3.05, 3.63) is 51.9 Å². The third kappa shape index (κ3) is 4.05. The van der Waals surface area contributed by atoms with Gasteiger partial charge in [-0.15, -0.1) is 0 Å². The number of rotatable bonds is 5. The van der Waals surface area contributed by atoms with Crippen molar-refractivity contribution >= 4 is 26.8 Å². The average Bonchev–Trinajstić information content (AvgIpc) is 3.12. The van der Waals surface area contributed by atoms with E-state index >= 15 is 0 Å². The van der Waals surface area contributed by atoms with Crippen LogP contribution in [0.4, 0.5) is 0 Å². The number of nitrogens with one attached hydrogen (secondary N) is 1. The normalized spacial score (nSPS) is 15.8. The summed E-state index contributed by atoms with van der Waals surface area (Å²) >= 11 is 0. The van der Waals surface area contributed by atoms with E-state index in [4.69, 9.17) is 4.52 Å². The van der Waals surface area contributed by atoms with E-state index in [0.29, 0.717) is 35.3 Å². The fourth-order valence-electron chi connectivity index (χ4n) is 4.14. The van der Waals surface area contributed by atoms with Gasteiger partial charge in [-0.3, -0.25) is 9.59 Å². The van der Waals surface area contributed by atoms with Gasteiger partial charge in [0.2, 0.25) is 15.9 Å². The fourth-order valence-corrected chi connectivity index (χ4v) is 5.90. The van der Waals surface area contributed by atoms with Gasteiger partial charge in [0.25, 0.3) is 5.56 Å². The summed E-state index contributed by atoms with van der Waals surface area (Å²) < 4.78 is 32.3. The second-order valence-corrected chi connectivity index (χ2v) is 9.93. The van der Waals surface area contributed by atoms with Crippen molar-refractivity contribution in [2.45, 2.75) is 38.1 Å². The van der Waals surface area contributed by atoms with Crippen LogP contribution in [-0.2, 0) is 21.4 Å². The van der Waals surface area contributed by atoms with Crippen LogP contribution in [0.1, 0.15) is 30.1 Å². The molecule has 0 atom stereocenters. The molecule has 32 heavy (non-hydrogen) atoms. The molecule has 1 aliphatic heterocycles. The molecule has 0 unspecified atom stereocenters. The van der Waals surface area contributed by atoms with Gasteiger partial charge >= 0.3 is 0 Å². The van der Waals surface area contributed by atoms with Gasteiger partial charge in [0, 0.05) is 26.1 Å². The summed E-state index contributed by atoms with van der Waals surface area (Å²) in [6.45, 7) is 3.81. The maximum absolute atomic E-state index is 13.0. The minimum absolute atomic E-state index is 0.102. The van der Waals surface area contributed by atoms with Crippen LogP contribution in [0.2, 0.25) is 0 Å². The molecule has 1 aromatic carbocycles. The Morgan fingerprint density at radius 1 is 1.25 bits per heavy atom. The number of sulfonamides is 1. The minimum atomic E-state index is -3.72. The first kappa shape index (κ1) is 22.2. The number of fused-ring (bicyclic) bond motifs is 1. The van der Waals surface area contributed by atoms with E-state index < -0.39 is 10.0 Å². The van der Waals surface area contributed by atoms with E-state index in [-0.39, 0.29) is 47.7 Å². The molecule has 1 aliphatic rings. The summed E-state index contributed by atoms with van der Waals surface area (Å²) in [4.78, 5) is 34.0. The van der Waals surface area contributed by atoms with Crippen LogP contribution >= 0.6 is 0 Å². The van der Waals surface area contributed by atoms with E-state index in [2.05, 4.69) is 15.1 Å². The van der Waals surface area contributed by atoms with E-state index in [1.807, 2.05) is 0 Å². The Kier molecular flexibility index (Phi) is 5.87. The third-order valence-electron chi connectivity index (χ3n) is 5.79. The van der Waals surface area contributed by atoms with E-state index in [1.54, 1.807) is 45.2 Å². The number of hydrogen-bond donors (Lipinski definition) is 1. The highest BCUT2D eigenvalue weighted by molar-refractivity contribution is 7.89. The SMILES string of the molecule is Cc1noc(C)c1S(=O)(=O)N1CCC(C(=O)N(C)Cc2nc3ccccc3c(=O)[nH]2)CC1. The largest absolute Gasteiger partial charge is 0.360 e. The maximum atomic E-state index is 13.0. The number of aromatic nitrogens is 3. The van der Waals surface area contributed by atoms with Crippen LogP contribution in [0.5, 0.6) is 0 Å². The molecule has 1 N–H and O–H groups in total. The van der Waals surface area contributed by atoms with Gasteiger partial charge < -0.3 is 14.4 Å². The van der Waals surface area contributed by atoms with Crippen LogP contribution in [0.25, 0.3) is 10.9 Å². The third-order valence-corrected chi connectivity index (χ3v) is 7.94. The zero-order valence-electron chi connectivity index (χ0n) is 18.2. The monoisotopic (exact) mass is 459 g/mol. The molecule has 11 heteroatoms. The number of aromatic amines is 1. The lowest BCUT2D eigenvalue weighted by Crippen LogP contribution is -2.43. The van der Waals surface area contributed by atoms with Crippen molar-refractivity contribution < 1.29 is 17.7 Å². The number of H-pyrrole nitrogens is 1. The first-order valence-corrected chi connectivity index (χ1v) is 11.8. The Labute approximate surface area is 185 Å². The second kappa shape index (κ2) is 8.47. The Morgan fingerprint density at radius 2 is 1.94 bits per heavy atom. The predicted octanol–water partition coefficient (Wildman–Crippen LogP) is 1.59. The number of piperidine rings is 1. The lowest BCUT2D eigenvalue weighted by Gasteiger charge is -2.32. The Morgan fingerprint density at radius 3 is 2.59 bits per heavy atom. The number of aryl methyl sites for hydroxylation is 2. The fraction of sp³-hybridized carbons (Fsp3) is 0.429. The summed E-state index contributed by atoms with van der Waals surface area (Å²) in [7, 11) is -2.06. The van der Waals surface area contributed by atoms with Crippen molar-refractivity contribution in [3.8, 4) is 0 Å². The molecular weight excluding hydrogens is 434 g/mol. The molecule has 2 aromatic heterocycles. The highest BCUT2D eigenvalue weighted by Gasteiger charge is 2.36. The molecule has 0 bridgehead atoms. The van der Waals surface area contributed by atoms with Gasteiger partial charge in [-0.1, -0.05) is 17.3 Å². The van der Waals surface area contributed by atoms with E-state index in [0.717, 1.165) is 0 Å². The highest BCUT2D eigenvalue weighted by Crippen LogP contribution is 2.28. The molecule has 0 spiro atoms. The van der Waals surface area contributed by atoms with E-state index in [1.165, 1.54) is 9.21 Å². The number of amides is 1. The Hall–Kier alpha value is -3.05. The van der Waals surface area contributed by atoms with Gasteiger partial charge in [-0.2, -0.15) is 4.31 Å². The summed E-state index contributed by atoms with van der Waals surface area (Å²) in [6.07, 6.45) is 0.820. The molecule has 3 heterocycles. The van der Waals surface area contributed by atoms with Crippen molar-refractivity contribution in [1.82, 2.24) is 24.3 Å². The zero-order valence-corrected chi connectivity index (χ0v) is 19.0. The van der Waals surface area contributed by atoms with Crippen LogP contribution in [-0.4, -0.2) is 58.8 Å². The molecule has 0 saturated carbocycles. The minimum Gasteiger partial charge on any atom is -0.360 e. The van der Waals surface area contributed by atoms with Crippen LogP contribution < -0.4 is 5.56 Å². The number of hydrogen-bond acceptors (Lipinski definition) is 7. The average molecular weight is 460 g/mol. The van der Waals surface area contributed by atoms with Crippen LogP contribution in [0.3, 0.4) is 0 Å². The Bertz CT molecular complexity index is 1300. The van der Waals surface area contributed by atoms with E-state index in [9.17, 15) is 18.0 Å². The van der Waals surface area contributed by atoms with Crippen molar-refractivity contribution in [1.29, 1.82) is 0 Å². The smallest absolute Gasteiger partial charge is 0.258 e. The van der Waals surface area contributed by atoms with Gasteiger partial charge in [-0.25, -0.2) is 13.4 Å². The standard InChI is InChI=1S/C21H25N5O5S/c1-13-19(14(2)31-24-13)32(29,30)26-10-8-15(9-11-26)21(28)25(3)12-18-22-17-7-5-4-6-16(17)20(27)23-18/h4-7,15H,8-12H2,1-3H3,(H,22,23,27). The molecule has 1 amide bonds. The van der Waals surface area contributed by atoms with Crippen molar-refractivity contribution in [2.75, 3.05) is 20.1 Å². The molecule has 4 rings (SSSR count). The lowest BCUT2D eigenvalue weighted by atomic mass is 9.96. The molecule has 10 nitrogen and oxygen atoms in total. The lowest BCUT2D eigenvalue weighted by molar-refractivity contribution is -0.136. The molecule has 1 fully saturated rings. The predicted molar refractivity (Wildman–Crippen MR) is 116 cm³/mol.